The molecule has 0 unspecified atom stereocenters. The van der Waals surface area contributed by atoms with Crippen molar-refractivity contribution in [3.05, 3.63) is 0 Å². The van der Waals surface area contributed by atoms with E-state index in [2.05, 4.69) is 4.74 Å². The highest BCUT2D eigenvalue weighted by atomic mass is 16.6. The summed E-state index contributed by atoms with van der Waals surface area (Å²) in [5.41, 5.74) is 0. The first-order chi connectivity index (χ1) is 8.10. The summed E-state index contributed by atoms with van der Waals surface area (Å²) in [5, 5.41) is 0. The van der Waals surface area contributed by atoms with Crippen LogP contribution in [0.3, 0.4) is 0 Å². The molecule has 6 nitrogen and oxygen atoms in total. The van der Waals surface area contributed by atoms with Crippen LogP contribution < -0.4 is 0 Å². The first-order valence-corrected chi connectivity index (χ1v) is 5.58. The van der Waals surface area contributed by atoms with E-state index in [0.29, 0.717) is 13.2 Å². The zero-order valence-electron chi connectivity index (χ0n) is 10.6. The molecule has 0 aromatic carbocycles. The monoisotopic (exact) mass is 248 g/mol. The molecule has 0 saturated heterocycles. The van der Waals surface area contributed by atoms with Gasteiger partial charge in [-0.05, 0) is 13.8 Å². The number of carbonyl (C=O) groups is 2. The Morgan fingerprint density at radius 3 is 2.00 bits per heavy atom. The van der Waals surface area contributed by atoms with Crippen LogP contribution in [0, 0.1) is 0 Å². The molecule has 0 aromatic heterocycles. The zero-order chi connectivity index (χ0) is 13.1. The second kappa shape index (κ2) is 10.0. The molecule has 0 bridgehead atoms. The minimum absolute atomic E-state index is 0.266. The van der Waals surface area contributed by atoms with E-state index in [1.807, 2.05) is 13.8 Å². The minimum Gasteiger partial charge on any atom is -0.455 e. The largest absolute Gasteiger partial charge is 0.455 e. The van der Waals surface area contributed by atoms with Gasteiger partial charge >= 0.3 is 11.9 Å². The zero-order valence-corrected chi connectivity index (χ0v) is 10.6. The summed E-state index contributed by atoms with van der Waals surface area (Å²) in [6.07, 6.45) is -0.474. The third kappa shape index (κ3) is 9.77. The van der Waals surface area contributed by atoms with Crippen LogP contribution in [0.1, 0.15) is 20.8 Å². The van der Waals surface area contributed by atoms with Crippen LogP contribution in [0.5, 0.6) is 0 Å². The lowest BCUT2D eigenvalue weighted by Crippen LogP contribution is -2.30. The first-order valence-electron chi connectivity index (χ1n) is 5.58. The molecule has 100 valence electrons. The third-order valence-electron chi connectivity index (χ3n) is 1.71. The molecule has 6 heteroatoms. The van der Waals surface area contributed by atoms with Crippen LogP contribution >= 0.6 is 0 Å². The van der Waals surface area contributed by atoms with Gasteiger partial charge in [-0.25, -0.2) is 4.79 Å². The molecule has 17 heavy (non-hydrogen) atoms. The molecular formula is C11H20O6. The van der Waals surface area contributed by atoms with Crippen molar-refractivity contribution >= 4 is 11.9 Å². The predicted octanol–water partition coefficient (Wildman–Crippen LogP) is 0.534. The molecule has 0 heterocycles. The predicted molar refractivity (Wildman–Crippen MR) is 59.5 cm³/mol. The maximum Gasteiger partial charge on any atom is 0.344 e. The summed E-state index contributed by atoms with van der Waals surface area (Å²) in [7, 11) is 0. The summed E-state index contributed by atoms with van der Waals surface area (Å²) in [4.78, 5) is 21.8. The topological polar surface area (TPSA) is 71.1 Å². The van der Waals surface area contributed by atoms with Crippen LogP contribution in [0.25, 0.3) is 0 Å². The Bertz CT molecular complexity index is 220. The number of ether oxygens (including phenoxy) is 4. The Morgan fingerprint density at radius 2 is 1.59 bits per heavy atom. The summed E-state index contributed by atoms with van der Waals surface area (Å²) in [5.74, 6) is -1.13. The number of esters is 2. The van der Waals surface area contributed by atoms with Gasteiger partial charge in [0.05, 0.1) is 13.2 Å². The fourth-order valence-corrected chi connectivity index (χ4v) is 0.995. The molecule has 0 atom stereocenters. The van der Waals surface area contributed by atoms with E-state index in [1.54, 1.807) is 0 Å². The quantitative estimate of drug-likeness (QED) is 0.554. The number of hydrogen-bond donors (Lipinski definition) is 0. The highest BCUT2D eigenvalue weighted by Crippen LogP contribution is 1.97. The Morgan fingerprint density at radius 1 is 1.06 bits per heavy atom. The van der Waals surface area contributed by atoms with Gasteiger partial charge in [0.25, 0.3) is 0 Å². The van der Waals surface area contributed by atoms with Gasteiger partial charge in [0.2, 0.25) is 0 Å². The van der Waals surface area contributed by atoms with Gasteiger partial charge in [-0.3, -0.25) is 4.79 Å². The van der Waals surface area contributed by atoms with Crippen molar-refractivity contribution < 1.29 is 28.5 Å². The highest BCUT2D eigenvalue weighted by molar-refractivity contribution is 5.75. The number of carbonyl (C=O) groups excluding carboxylic acids is 2. The molecule has 0 N–H and O–H groups in total. The summed E-state index contributed by atoms with van der Waals surface area (Å²) in [6, 6.07) is 0. The Hall–Kier alpha value is -1.14. The molecule has 0 aliphatic heterocycles. The van der Waals surface area contributed by atoms with E-state index in [-0.39, 0.29) is 19.8 Å². The molecule has 0 aliphatic rings. The molecule has 0 fully saturated rings. The van der Waals surface area contributed by atoms with E-state index >= 15 is 0 Å². The Kier molecular flexibility index (Phi) is 9.37. The molecule has 0 radical (unpaired) electrons. The van der Waals surface area contributed by atoms with Crippen molar-refractivity contribution in [2.24, 2.45) is 0 Å². The summed E-state index contributed by atoms with van der Waals surface area (Å²) < 4.78 is 19.9. The lowest BCUT2D eigenvalue weighted by molar-refractivity contribution is -0.166. The van der Waals surface area contributed by atoms with Crippen LogP contribution in [-0.4, -0.2) is 51.1 Å². The third-order valence-corrected chi connectivity index (χ3v) is 1.71. The normalized spacial score (nSPS) is 10.4. The van der Waals surface area contributed by atoms with Crippen molar-refractivity contribution in [1.29, 1.82) is 0 Å². The molecule has 0 rings (SSSR count). The molecule has 0 amide bonds. The maximum absolute atomic E-state index is 11.3. The lowest BCUT2D eigenvalue weighted by atomic mass is 10.4. The van der Waals surface area contributed by atoms with Gasteiger partial charge in [-0.1, -0.05) is 0 Å². The van der Waals surface area contributed by atoms with Crippen LogP contribution in [0.15, 0.2) is 0 Å². The standard InChI is InChI=1S/C11H20O6/c1-4-14-6-10(7-15-5-2)17-11(13)8-16-9(3)12/h10H,4-8H2,1-3H3. The average molecular weight is 248 g/mol. The van der Waals surface area contributed by atoms with Gasteiger partial charge in [0.15, 0.2) is 6.61 Å². The molecule has 0 spiro atoms. The van der Waals surface area contributed by atoms with Crippen molar-refractivity contribution in [2.75, 3.05) is 33.0 Å². The molecule has 0 aliphatic carbocycles. The second-order valence-corrected chi connectivity index (χ2v) is 3.21. The van der Waals surface area contributed by atoms with Crippen molar-refractivity contribution in [2.45, 2.75) is 26.9 Å². The van der Waals surface area contributed by atoms with Gasteiger partial charge in [0.1, 0.15) is 6.10 Å². The fraction of sp³-hybridized carbons (Fsp3) is 0.818. The smallest absolute Gasteiger partial charge is 0.344 e. The fourth-order valence-electron chi connectivity index (χ4n) is 0.995. The molecule has 0 saturated carbocycles. The van der Waals surface area contributed by atoms with Gasteiger partial charge in [-0.15, -0.1) is 0 Å². The van der Waals surface area contributed by atoms with Crippen LogP contribution in [0.4, 0.5) is 0 Å². The number of rotatable bonds is 9. The van der Waals surface area contributed by atoms with Crippen LogP contribution in [0.2, 0.25) is 0 Å². The van der Waals surface area contributed by atoms with Gasteiger partial charge in [-0.2, -0.15) is 0 Å². The first kappa shape index (κ1) is 15.9. The number of hydrogen-bond acceptors (Lipinski definition) is 6. The van der Waals surface area contributed by atoms with Crippen molar-refractivity contribution in [3.63, 3.8) is 0 Å². The molecule has 0 aromatic rings. The van der Waals surface area contributed by atoms with Gasteiger partial charge in [0, 0.05) is 20.1 Å². The van der Waals surface area contributed by atoms with Crippen LogP contribution in [-0.2, 0) is 28.5 Å². The van der Waals surface area contributed by atoms with E-state index in [4.69, 9.17) is 14.2 Å². The SMILES string of the molecule is CCOCC(COCC)OC(=O)COC(C)=O. The van der Waals surface area contributed by atoms with Crippen molar-refractivity contribution in [3.8, 4) is 0 Å². The van der Waals surface area contributed by atoms with E-state index in [1.165, 1.54) is 6.92 Å². The Labute approximate surface area is 101 Å². The average Bonchev–Trinajstić information content (AvgIpc) is 2.30. The van der Waals surface area contributed by atoms with E-state index < -0.39 is 18.0 Å². The summed E-state index contributed by atoms with van der Waals surface area (Å²) in [6.45, 7) is 6.13. The Balaban J connectivity index is 3.93. The minimum atomic E-state index is -0.607. The molecular weight excluding hydrogens is 228 g/mol. The van der Waals surface area contributed by atoms with E-state index in [0.717, 1.165) is 0 Å². The summed E-state index contributed by atoms with van der Waals surface area (Å²) >= 11 is 0. The maximum atomic E-state index is 11.3. The lowest BCUT2D eigenvalue weighted by Gasteiger charge is -2.17. The van der Waals surface area contributed by atoms with Gasteiger partial charge < -0.3 is 18.9 Å². The van der Waals surface area contributed by atoms with Crippen molar-refractivity contribution in [1.82, 2.24) is 0 Å². The second-order valence-electron chi connectivity index (χ2n) is 3.21. The highest BCUT2D eigenvalue weighted by Gasteiger charge is 2.15. The van der Waals surface area contributed by atoms with E-state index in [9.17, 15) is 9.59 Å².